The molecule has 106 heavy (non-hydrogen) atoms. The first-order valence-corrected chi connectivity index (χ1v) is 37.3. The Balaban J connectivity index is 0.000000170. The SMILES string of the molecule is Cc1ccn([C@@H]2O[C@H](COP(=O)(NC3CC(C)(C)OC3=O)Oc3ccccc3)[C@@H](O)C2(F)F)c(=O)n1.Cc1ccn([C@@H]2O[C@H](COP(=O)(NC3CCN(C)C3=O)Oc3ccccc3)[C@@H](O)C2(F)F)c(=O)n1.Cc1ccn([C@@H]2O[C@H](CO[P@](=O)(NC3CCN(C)C3=O)Oc3ccccc3)[C@@H](O)C2(F)F)c(=O)n1. The molecule has 0 bridgehead atoms. The second-order valence-electron chi connectivity index (χ2n) is 25.8. The third-order valence-electron chi connectivity index (χ3n) is 17.1. The molecule has 6 fully saturated rings. The number of halogens is 6. The summed E-state index contributed by atoms with van der Waals surface area (Å²) in [4.78, 5) is 86.9. The number of alkyl halides is 6. The summed E-state index contributed by atoms with van der Waals surface area (Å²) in [6.07, 6.45) is -14.6. The van der Waals surface area contributed by atoms with Crippen LogP contribution in [0.15, 0.2) is 142 Å². The number of amides is 2. The van der Waals surface area contributed by atoms with Crippen LogP contribution < -0.4 is 45.9 Å². The van der Waals surface area contributed by atoms with Crippen molar-refractivity contribution < 1.29 is 116 Å². The average Bonchev–Trinajstić information content (AvgIpc) is 1.62. The molecule has 0 spiro atoms. The molecule has 0 aliphatic carbocycles. The summed E-state index contributed by atoms with van der Waals surface area (Å²) in [5.41, 5.74) is -2.82. The van der Waals surface area contributed by atoms with Crippen LogP contribution in [-0.4, -0.2) is 197 Å². The maximum Gasteiger partial charge on any atom is 0.459 e. The van der Waals surface area contributed by atoms with Crippen LogP contribution in [0.3, 0.4) is 0 Å². The summed E-state index contributed by atoms with van der Waals surface area (Å²) in [6.45, 7) is 6.35. The molecule has 0 radical (unpaired) electrons. The second-order valence-corrected chi connectivity index (χ2v) is 30.9. The van der Waals surface area contributed by atoms with E-state index in [1.807, 2.05) is 0 Å². The van der Waals surface area contributed by atoms with Crippen molar-refractivity contribution in [3.8, 4) is 17.2 Å². The number of carbonyl (C=O) groups excluding carboxylic acids is 3. The third kappa shape index (κ3) is 18.7. The van der Waals surface area contributed by atoms with Gasteiger partial charge in [-0.2, -0.15) is 56.6 Å². The Morgan fingerprint density at radius 2 is 0.755 bits per heavy atom. The normalized spacial score (nSPS) is 27.9. The van der Waals surface area contributed by atoms with Crippen molar-refractivity contribution in [2.75, 3.05) is 47.0 Å². The van der Waals surface area contributed by atoms with Gasteiger partial charge in [0, 0.05) is 69.3 Å². The van der Waals surface area contributed by atoms with Gasteiger partial charge in [-0.15, -0.1) is 0 Å². The van der Waals surface area contributed by atoms with Crippen LogP contribution in [0.25, 0.3) is 0 Å². The maximum absolute atomic E-state index is 14.9. The molecule has 6 aliphatic rings. The number of ether oxygens (including phenoxy) is 4. The smallest absolute Gasteiger partial charge is 0.458 e. The standard InChI is InChI=1S/C22H26F2N3O8P.2C21H25F2N4O7P/c1-13-9-10-27(20(30)25-13)19-22(23,24)17(28)16(33-19)12-32-36(31,35-14-7-5-4-6-8-14)26-15-11-21(2,3)34-18(15)29;2*1-13-8-11-27(20(30)24-13)19-21(22,23)17(28)16(33-19)12-32-35(31,34-14-6-4-3-5-7-14)25-15-9-10-26(2)18(15)29/h4-10,15-17,19,28H,11-12H2,1-3H3,(H,26,31);2*3-8,11,15-17,19,28H,9-10,12H2,1-2H3,(H,25,31)/t15?,16-,17-,19-,36?;15?,16-,17-,19-,35?;15?,16-,17-,19-,35-/m111/s1. The first-order valence-electron chi connectivity index (χ1n) is 32.6. The number of para-hydroxylation sites is 3. The molecule has 33 nitrogen and oxygen atoms in total. The van der Waals surface area contributed by atoms with Gasteiger partial charge in [-0.25, -0.2) is 28.1 Å². The fourth-order valence-electron chi connectivity index (χ4n) is 11.5. The molecule has 12 rings (SSSR count). The van der Waals surface area contributed by atoms with Gasteiger partial charge in [-0.3, -0.25) is 41.7 Å². The van der Waals surface area contributed by atoms with Crippen LogP contribution in [0.4, 0.5) is 26.3 Å². The largest absolute Gasteiger partial charge is 0.459 e. The van der Waals surface area contributed by atoms with Crippen molar-refractivity contribution in [2.24, 2.45) is 0 Å². The highest BCUT2D eigenvalue weighted by atomic mass is 31.2. The Bertz CT molecular complexity index is 4290. The molecule has 2 amide bonds. The number of benzene rings is 3. The number of cyclic esters (lactones) is 1. The summed E-state index contributed by atoms with van der Waals surface area (Å²) in [5.74, 6) is -12.6. The van der Waals surface area contributed by atoms with Gasteiger partial charge in [0.25, 0.3) is 0 Å². The zero-order chi connectivity index (χ0) is 77.1. The molecule has 0 saturated carbocycles. The molecule has 6 aromatic rings. The molecular weight excluding hydrogens is 1480 g/mol. The number of rotatable bonds is 24. The minimum absolute atomic E-state index is 0.118. The highest BCUT2D eigenvalue weighted by molar-refractivity contribution is 7.52. The number of esters is 1. The van der Waals surface area contributed by atoms with Crippen LogP contribution in [0.2, 0.25) is 0 Å². The molecular formula is C64H76F6N11O22P3. The minimum atomic E-state index is -4.38. The van der Waals surface area contributed by atoms with Crippen molar-refractivity contribution in [2.45, 2.75) is 151 Å². The Morgan fingerprint density at radius 1 is 0.472 bits per heavy atom. The quantitative estimate of drug-likeness (QED) is 0.0255. The lowest BCUT2D eigenvalue weighted by Crippen LogP contribution is -2.42. The van der Waals surface area contributed by atoms with Crippen molar-refractivity contribution in [1.29, 1.82) is 0 Å². The van der Waals surface area contributed by atoms with Crippen molar-refractivity contribution in [3.63, 3.8) is 0 Å². The van der Waals surface area contributed by atoms with E-state index in [1.54, 1.807) is 82.5 Å². The fraction of sp³-hybridized carbons (Fsp3) is 0.484. The van der Waals surface area contributed by atoms with Gasteiger partial charge >= 0.3 is 64.0 Å². The molecule has 3 aromatic heterocycles. The lowest BCUT2D eigenvalue weighted by atomic mass is 10.0. The van der Waals surface area contributed by atoms with E-state index in [4.69, 9.17) is 46.1 Å². The Labute approximate surface area is 599 Å². The van der Waals surface area contributed by atoms with Crippen molar-refractivity contribution in [3.05, 3.63) is 176 Å². The summed E-state index contributed by atoms with van der Waals surface area (Å²) < 4.78 is 185. The van der Waals surface area contributed by atoms with Gasteiger partial charge in [0.1, 0.15) is 47.2 Å². The van der Waals surface area contributed by atoms with Gasteiger partial charge in [-0.1, -0.05) is 54.6 Å². The highest BCUT2D eigenvalue weighted by Gasteiger charge is 2.63. The van der Waals surface area contributed by atoms with Gasteiger partial charge in [0.15, 0.2) is 18.3 Å². The van der Waals surface area contributed by atoms with Crippen LogP contribution in [0.1, 0.15) is 68.9 Å². The van der Waals surface area contributed by atoms with E-state index in [-0.39, 0.29) is 35.5 Å². The number of likely N-dealkylation sites (N-methyl/N-ethyl adjacent to an activating group) is 2. The van der Waals surface area contributed by atoms with Crippen LogP contribution in [-0.2, 0) is 60.6 Å². The highest BCUT2D eigenvalue weighted by Crippen LogP contribution is 2.52. The van der Waals surface area contributed by atoms with E-state index >= 15 is 0 Å². The zero-order valence-electron chi connectivity index (χ0n) is 57.5. The van der Waals surface area contributed by atoms with Gasteiger partial charge in [0.2, 0.25) is 30.5 Å². The number of hydrogen-bond donors (Lipinski definition) is 6. The zero-order valence-corrected chi connectivity index (χ0v) is 60.2. The number of nitrogens with one attached hydrogen (secondary N) is 3. The molecule has 6 aliphatic heterocycles. The number of nitrogens with zero attached hydrogens (tertiary/aromatic N) is 8. The summed E-state index contributed by atoms with van der Waals surface area (Å²) >= 11 is 0. The molecule has 9 heterocycles. The number of carbonyl (C=O) groups is 3. The van der Waals surface area contributed by atoms with E-state index in [1.165, 1.54) is 85.2 Å². The number of aliphatic hydroxyl groups excluding tert-OH is 3. The van der Waals surface area contributed by atoms with E-state index in [2.05, 4.69) is 30.2 Å². The lowest BCUT2D eigenvalue weighted by Gasteiger charge is -2.24. The second kappa shape index (κ2) is 32.4. The molecule has 15 atom stereocenters. The summed E-state index contributed by atoms with van der Waals surface area (Å²) in [7, 11) is -9.81. The van der Waals surface area contributed by atoms with Gasteiger partial charge in [0.05, 0.1) is 31.9 Å². The van der Waals surface area contributed by atoms with Crippen LogP contribution in [0.5, 0.6) is 17.2 Å². The third-order valence-corrected chi connectivity index (χ3v) is 21.8. The van der Waals surface area contributed by atoms with Crippen LogP contribution in [0, 0.1) is 20.8 Å². The van der Waals surface area contributed by atoms with Gasteiger partial charge in [-0.05, 0) is 102 Å². The topological polar surface area (TPSA) is 403 Å². The van der Waals surface area contributed by atoms with E-state index < -0.39 is 163 Å². The number of aliphatic hydroxyl groups is 3. The predicted molar refractivity (Wildman–Crippen MR) is 356 cm³/mol. The number of aromatic nitrogens is 6. The van der Waals surface area contributed by atoms with Crippen LogP contribution >= 0.6 is 23.2 Å². The van der Waals surface area contributed by atoms with E-state index in [0.717, 1.165) is 18.6 Å². The molecule has 6 N–H and O–H groups in total. The first-order chi connectivity index (χ1) is 49.8. The number of hydrogen-bond acceptors (Lipinski definition) is 25. The predicted octanol–water partition coefficient (Wildman–Crippen LogP) is 5.27. The molecule has 5 unspecified atom stereocenters. The monoisotopic (exact) mass is 1560 g/mol. The molecule has 6 saturated heterocycles. The Morgan fingerprint density at radius 3 is 1.00 bits per heavy atom. The number of aryl methyl sites for hydroxylation is 3. The molecule has 576 valence electrons. The first kappa shape index (κ1) is 80.4. The maximum atomic E-state index is 14.9. The summed E-state index contributed by atoms with van der Waals surface area (Å²) in [5, 5.41) is 38.4. The van der Waals surface area contributed by atoms with Crippen molar-refractivity contribution >= 4 is 41.0 Å². The summed E-state index contributed by atoms with van der Waals surface area (Å²) in [6, 6.07) is 25.0. The Hall–Kier alpha value is -8.10. The molecule has 3 aromatic carbocycles. The molecule has 42 heteroatoms. The Kier molecular flexibility index (Phi) is 24.6. The van der Waals surface area contributed by atoms with E-state index in [0.29, 0.717) is 56.7 Å². The van der Waals surface area contributed by atoms with Crippen molar-refractivity contribution in [1.82, 2.24) is 53.7 Å². The average molecular weight is 1560 g/mol. The van der Waals surface area contributed by atoms with Gasteiger partial charge < -0.3 is 57.6 Å². The number of likely N-dealkylation sites (tertiary alicyclic amines) is 2. The van der Waals surface area contributed by atoms with E-state index in [9.17, 15) is 84.1 Å². The fourth-order valence-corrected chi connectivity index (χ4v) is 16.1. The minimum Gasteiger partial charge on any atom is -0.458 e. The lowest BCUT2D eigenvalue weighted by molar-refractivity contribution is -0.147.